The number of aryl methyl sites for hydroxylation is 1. The van der Waals surface area contributed by atoms with Gasteiger partial charge in [-0.15, -0.1) is 0 Å². The van der Waals surface area contributed by atoms with E-state index >= 15 is 0 Å². The van der Waals surface area contributed by atoms with E-state index in [0.717, 1.165) is 48.2 Å². The van der Waals surface area contributed by atoms with Crippen molar-refractivity contribution in [3.8, 4) is 0 Å². The number of H-pyrrole nitrogens is 1. The number of nitrogens with zero attached hydrogens (tertiary/aromatic N) is 3. The number of rotatable bonds is 3. The number of hydrogen-bond acceptors (Lipinski definition) is 6. The SMILES string of the molecule is Cc1ccc2oc(=O)c(CN3CCc4nc(C5=NCCCC5)[nH]c(=O)c4C3)c(Cl)c2c1. The molecule has 1 aromatic carbocycles. The van der Waals surface area contributed by atoms with Gasteiger partial charge in [0.1, 0.15) is 5.58 Å². The van der Waals surface area contributed by atoms with Crippen LogP contribution in [0.5, 0.6) is 0 Å². The normalized spacial score (nSPS) is 16.9. The van der Waals surface area contributed by atoms with E-state index in [1.54, 1.807) is 6.07 Å². The molecule has 8 heteroatoms. The first kappa shape index (κ1) is 20.2. The van der Waals surface area contributed by atoms with E-state index in [0.29, 0.717) is 53.6 Å². The lowest BCUT2D eigenvalue weighted by atomic mass is 10.0. The Labute approximate surface area is 183 Å². The molecule has 0 unspecified atom stereocenters. The minimum absolute atomic E-state index is 0.134. The van der Waals surface area contributed by atoms with Crippen molar-refractivity contribution in [2.24, 2.45) is 4.99 Å². The molecule has 0 saturated carbocycles. The molecule has 1 N–H and O–H groups in total. The van der Waals surface area contributed by atoms with Crippen molar-refractivity contribution in [1.29, 1.82) is 0 Å². The molecule has 0 fully saturated rings. The molecule has 0 radical (unpaired) electrons. The molecule has 31 heavy (non-hydrogen) atoms. The molecule has 0 amide bonds. The molecule has 0 aliphatic carbocycles. The number of halogens is 1. The number of fused-ring (bicyclic) bond motifs is 2. The molecule has 2 aliphatic rings. The number of aliphatic imine (C=N–C) groups is 1. The first-order valence-corrected chi connectivity index (χ1v) is 11.0. The zero-order chi connectivity index (χ0) is 21.5. The van der Waals surface area contributed by atoms with Gasteiger partial charge >= 0.3 is 5.63 Å². The second-order valence-electron chi connectivity index (χ2n) is 8.27. The largest absolute Gasteiger partial charge is 0.422 e. The van der Waals surface area contributed by atoms with Crippen molar-refractivity contribution >= 4 is 28.3 Å². The van der Waals surface area contributed by atoms with Crippen LogP contribution in [-0.2, 0) is 19.5 Å². The Morgan fingerprint density at radius 2 is 2.10 bits per heavy atom. The molecule has 0 atom stereocenters. The van der Waals surface area contributed by atoms with Crippen LogP contribution < -0.4 is 11.2 Å². The van der Waals surface area contributed by atoms with Crippen molar-refractivity contribution < 1.29 is 4.42 Å². The van der Waals surface area contributed by atoms with Gasteiger partial charge in [0.15, 0.2) is 5.82 Å². The van der Waals surface area contributed by atoms with E-state index in [1.165, 1.54) is 0 Å². The van der Waals surface area contributed by atoms with E-state index in [4.69, 9.17) is 21.0 Å². The Kier molecular flexibility index (Phi) is 5.24. The van der Waals surface area contributed by atoms with Crippen molar-refractivity contribution in [2.45, 2.75) is 45.7 Å². The number of aromatic amines is 1. The van der Waals surface area contributed by atoms with Crippen LogP contribution in [0.15, 0.2) is 37.2 Å². The topological polar surface area (TPSA) is 91.6 Å². The summed E-state index contributed by atoms with van der Waals surface area (Å²) < 4.78 is 5.49. The van der Waals surface area contributed by atoms with Crippen molar-refractivity contribution in [3.05, 3.63) is 72.2 Å². The minimum Gasteiger partial charge on any atom is -0.422 e. The summed E-state index contributed by atoms with van der Waals surface area (Å²) in [5.41, 5.74) is 3.71. The number of hydrogen-bond donors (Lipinski definition) is 1. The van der Waals surface area contributed by atoms with Gasteiger partial charge in [0.05, 0.1) is 27.6 Å². The summed E-state index contributed by atoms with van der Waals surface area (Å²) >= 11 is 6.60. The highest BCUT2D eigenvalue weighted by molar-refractivity contribution is 6.36. The van der Waals surface area contributed by atoms with Gasteiger partial charge in [0, 0.05) is 38.0 Å². The van der Waals surface area contributed by atoms with Crippen molar-refractivity contribution in [3.63, 3.8) is 0 Å². The molecular weight excluding hydrogens is 416 g/mol. The minimum atomic E-state index is -0.440. The fourth-order valence-electron chi connectivity index (χ4n) is 4.32. The highest BCUT2D eigenvalue weighted by atomic mass is 35.5. The summed E-state index contributed by atoms with van der Waals surface area (Å²) in [4.78, 5) is 39.5. The summed E-state index contributed by atoms with van der Waals surface area (Å²) in [5, 5.41) is 1.14. The molecule has 5 rings (SSSR count). The second kappa shape index (κ2) is 8.05. The summed E-state index contributed by atoms with van der Waals surface area (Å²) in [7, 11) is 0. The Bertz CT molecular complexity index is 1320. The van der Waals surface area contributed by atoms with Gasteiger partial charge < -0.3 is 9.40 Å². The van der Waals surface area contributed by atoms with Gasteiger partial charge in [-0.05, 0) is 38.3 Å². The lowest BCUT2D eigenvalue weighted by molar-refractivity contribution is 0.239. The van der Waals surface area contributed by atoms with E-state index in [-0.39, 0.29) is 5.56 Å². The standard InChI is InChI=1S/C23H23ClN4O3/c1-13-5-6-19-14(10-13)20(24)16(23(30)31-19)12-28-9-7-17-15(11-28)22(29)27-21(26-17)18-4-2-3-8-25-18/h5-6,10H,2-4,7-9,11-12H2,1H3,(H,26,27,29). The predicted molar refractivity (Wildman–Crippen MR) is 120 cm³/mol. The molecule has 3 aromatic rings. The van der Waals surface area contributed by atoms with E-state index < -0.39 is 5.63 Å². The van der Waals surface area contributed by atoms with E-state index in [1.807, 2.05) is 24.0 Å². The monoisotopic (exact) mass is 438 g/mol. The first-order valence-electron chi connectivity index (χ1n) is 10.6. The zero-order valence-corrected chi connectivity index (χ0v) is 18.1. The van der Waals surface area contributed by atoms with Gasteiger partial charge in [0.2, 0.25) is 0 Å². The van der Waals surface area contributed by atoms with Crippen LogP contribution in [0.1, 0.15) is 47.5 Å². The zero-order valence-electron chi connectivity index (χ0n) is 17.3. The van der Waals surface area contributed by atoms with Gasteiger partial charge in [-0.3, -0.25) is 14.7 Å². The molecule has 160 valence electrons. The predicted octanol–water partition coefficient (Wildman–Crippen LogP) is 3.37. The average molecular weight is 439 g/mol. The van der Waals surface area contributed by atoms with Crippen LogP contribution in [0.4, 0.5) is 0 Å². The lowest BCUT2D eigenvalue weighted by Gasteiger charge is -2.27. The van der Waals surface area contributed by atoms with Crippen LogP contribution in [0.3, 0.4) is 0 Å². The lowest BCUT2D eigenvalue weighted by Crippen LogP contribution is -2.37. The van der Waals surface area contributed by atoms with Crippen LogP contribution in [0.25, 0.3) is 11.0 Å². The average Bonchev–Trinajstić information content (AvgIpc) is 2.78. The highest BCUT2D eigenvalue weighted by Crippen LogP contribution is 2.27. The van der Waals surface area contributed by atoms with Crippen LogP contribution >= 0.6 is 11.6 Å². The first-order chi connectivity index (χ1) is 15.0. The maximum Gasteiger partial charge on any atom is 0.342 e. The third kappa shape index (κ3) is 3.83. The van der Waals surface area contributed by atoms with Gasteiger partial charge in [0.25, 0.3) is 5.56 Å². The Morgan fingerprint density at radius 3 is 2.90 bits per heavy atom. The summed E-state index contributed by atoms with van der Waals surface area (Å²) in [5.74, 6) is 0.602. The van der Waals surface area contributed by atoms with E-state index in [2.05, 4.69) is 9.98 Å². The Hall–Kier alpha value is -2.77. The Morgan fingerprint density at radius 1 is 1.23 bits per heavy atom. The second-order valence-corrected chi connectivity index (χ2v) is 8.65. The summed E-state index contributed by atoms with van der Waals surface area (Å²) in [6, 6.07) is 5.56. The maximum absolute atomic E-state index is 12.8. The van der Waals surface area contributed by atoms with Gasteiger partial charge in [-0.2, -0.15) is 0 Å². The fraction of sp³-hybridized carbons (Fsp3) is 0.391. The molecule has 7 nitrogen and oxygen atoms in total. The third-order valence-electron chi connectivity index (χ3n) is 6.01. The molecule has 0 saturated heterocycles. The van der Waals surface area contributed by atoms with Gasteiger partial charge in [-0.25, -0.2) is 9.78 Å². The highest BCUT2D eigenvalue weighted by Gasteiger charge is 2.25. The molecular formula is C23H23ClN4O3. The fourth-order valence-corrected chi connectivity index (χ4v) is 4.60. The molecule has 0 spiro atoms. The molecule has 2 aliphatic heterocycles. The number of benzene rings is 1. The van der Waals surface area contributed by atoms with Crippen LogP contribution in [-0.4, -0.2) is 33.7 Å². The molecule has 0 bridgehead atoms. The van der Waals surface area contributed by atoms with Crippen LogP contribution in [0.2, 0.25) is 5.02 Å². The molecule has 2 aromatic heterocycles. The summed E-state index contributed by atoms with van der Waals surface area (Å²) in [6.45, 7) is 4.16. The number of nitrogens with one attached hydrogen (secondary N) is 1. The van der Waals surface area contributed by atoms with Crippen molar-refractivity contribution in [1.82, 2.24) is 14.9 Å². The number of aromatic nitrogens is 2. The molecule has 4 heterocycles. The summed E-state index contributed by atoms with van der Waals surface area (Å²) in [6.07, 6.45) is 3.64. The van der Waals surface area contributed by atoms with Gasteiger partial charge in [-0.1, -0.05) is 23.2 Å². The van der Waals surface area contributed by atoms with Crippen molar-refractivity contribution in [2.75, 3.05) is 13.1 Å². The van der Waals surface area contributed by atoms with Crippen LogP contribution in [0, 0.1) is 6.92 Å². The van der Waals surface area contributed by atoms with E-state index in [9.17, 15) is 9.59 Å². The Balaban J connectivity index is 1.43. The smallest absolute Gasteiger partial charge is 0.342 e. The maximum atomic E-state index is 12.8. The quantitative estimate of drug-likeness (QED) is 0.633. The third-order valence-corrected chi connectivity index (χ3v) is 6.44.